The van der Waals surface area contributed by atoms with E-state index in [1.165, 1.54) is 4.90 Å². The van der Waals surface area contributed by atoms with Crippen LogP contribution in [0.25, 0.3) is 10.8 Å². The number of imidazole rings is 1. The van der Waals surface area contributed by atoms with Gasteiger partial charge in [-0.15, -0.1) is 0 Å². The lowest BCUT2D eigenvalue weighted by Crippen LogP contribution is -2.42. The molecule has 0 radical (unpaired) electrons. The van der Waals surface area contributed by atoms with Crippen molar-refractivity contribution in [3.63, 3.8) is 0 Å². The Balaban J connectivity index is 1.59. The smallest absolute Gasteiger partial charge is 0.328 e. The number of fused-ring (bicyclic) bond motifs is 1. The Morgan fingerprint density at radius 3 is 2.57 bits per heavy atom. The number of rotatable bonds is 3. The normalized spacial score (nSPS) is 18.3. The quantitative estimate of drug-likeness (QED) is 0.495. The lowest BCUT2D eigenvalue weighted by atomic mass is 10.0. The van der Waals surface area contributed by atoms with Crippen molar-refractivity contribution < 1.29 is 27.2 Å². The molecule has 0 saturated carbocycles. The van der Waals surface area contributed by atoms with Crippen molar-refractivity contribution in [2.75, 3.05) is 18.0 Å². The molecule has 0 aliphatic carbocycles. The highest BCUT2D eigenvalue weighted by molar-refractivity contribution is 7.09. The number of carbonyl (C=O) groups excluding carboxylic acids is 2. The molecular formula is C22H20F4N6O2S. The predicted octanol–water partition coefficient (Wildman–Crippen LogP) is 4.21. The number of carbonyl (C=O) groups is 2. The molecule has 2 aliphatic heterocycles. The summed E-state index contributed by atoms with van der Waals surface area (Å²) in [4.78, 5) is 37.9. The van der Waals surface area contributed by atoms with Crippen molar-refractivity contribution in [3.05, 3.63) is 46.7 Å². The van der Waals surface area contributed by atoms with Crippen LogP contribution >= 0.6 is 11.5 Å². The Labute approximate surface area is 201 Å². The molecule has 1 atom stereocenters. The van der Waals surface area contributed by atoms with E-state index in [1.807, 2.05) is 4.57 Å². The van der Waals surface area contributed by atoms with E-state index >= 15 is 0 Å². The van der Waals surface area contributed by atoms with Crippen LogP contribution in [0.15, 0.2) is 18.2 Å². The van der Waals surface area contributed by atoms with Gasteiger partial charge in [0, 0.05) is 26.1 Å². The first-order chi connectivity index (χ1) is 16.6. The van der Waals surface area contributed by atoms with Crippen LogP contribution in [-0.2, 0) is 17.5 Å². The summed E-state index contributed by atoms with van der Waals surface area (Å²) in [6.45, 7) is 4.21. The van der Waals surface area contributed by atoms with Gasteiger partial charge in [0.25, 0.3) is 5.91 Å². The average Bonchev–Trinajstić information content (AvgIpc) is 3.51. The van der Waals surface area contributed by atoms with Crippen LogP contribution in [0.1, 0.15) is 53.2 Å². The number of benzene rings is 1. The molecule has 8 nitrogen and oxygen atoms in total. The van der Waals surface area contributed by atoms with E-state index in [0.717, 1.165) is 23.7 Å². The first-order valence-corrected chi connectivity index (χ1v) is 11.7. The lowest BCUT2D eigenvalue weighted by molar-refractivity contribution is -0.138. The van der Waals surface area contributed by atoms with Gasteiger partial charge in [0.05, 0.1) is 22.9 Å². The maximum absolute atomic E-state index is 13.6. The highest BCUT2D eigenvalue weighted by Gasteiger charge is 2.41. The molecule has 5 rings (SSSR count). The first-order valence-electron chi connectivity index (χ1n) is 11.0. The molecule has 0 spiro atoms. The van der Waals surface area contributed by atoms with Crippen molar-refractivity contribution in [1.82, 2.24) is 23.8 Å². The van der Waals surface area contributed by atoms with Crippen molar-refractivity contribution in [2.45, 2.75) is 45.5 Å². The topological polar surface area (TPSA) is 84.2 Å². The molecule has 2 amide bonds. The van der Waals surface area contributed by atoms with Crippen LogP contribution in [0.5, 0.6) is 0 Å². The standard InChI is InChI=1S/C22H20F4N6O2S/c1-11-17-18(31-7-3-4-16(31)33)28-19(20-27-12(2)29-35-20)32(17)9-8-30(11)21(34)14-6-5-13(23)10-15(14)22(24,25)26/h5-6,10-11H,3-4,7-9H2,1-2H3/t11-/m1/s1. The van der Waals surface area contributed by atoms with Gasteiger partial charge in [0.2, 0.25) is 5.91 Å². The third kappa shape index (κ3) is 3.97. The maximum Gasteiger partial charge on any atom is 0.417 e. The summed E-state index contributed by atoms with van der Waals surface area (Å²) in [6, 6.07) is 1.32. The summed E-state index contributed by atoms with van der Waals surface area (Å²) in [6.07, 6.45) is -3.88. The van der Waals surface area contributed by atoms with Gasteiger partial charge in [-0.05, 0) is 50.0 Å². The minimum atomic E-state index is -4.90. The number of anilines is 1. The fourth-order valence-electron chi connectivity index (χ4n) is 4.63. The predicted molar refractivity (Wildman–Crippen MR) is 118 cm³/mol. The van der Waals surface area contributed by atoms with E-state index in [4.69, 9.17) is 4.98 Å². The molecule has 3 aromatic rings. The van der Waals surface area contributed by atoms with Gasteiger partial charge >= 0.3 is 6.18 Å². The van der Waals surface area contributed by atoms with Crippen molar-refractivity contribution in [2.24, 2.45) is 0 Å². The molecule has 1 saturated heterocycles. The molecule has 4 heterocycles. The molecule has 2 aliphatic rings. The van der Waals surface area contributed by atoms with Crippen molar-refractivity contribution in [1.29, 1.82) is 0 Å². The molecule has 1 fully saturated rings. The van der Waals surface area contributed by atoms with E-state index in [2.05, 4.69) is 9.36 Å². The SMILES string of the molecule is Cc1nsc(-c2nc(N3CCCC3=O)c3n2CCN(C(=O)c2ccc(F)cc2C(F)(F)F)[C@@H]3C)n1. The number of alkyl halides is 3. The van der Waals surface area contributed by atoms with Gasteiger partial charge in [0.1, 0.15) is 11.6 Å². The molecule has 13 heteroatoms. The Kier molecular flexibility index (Phi) is 5.61. The van der Waals surface area contributed by atoms with Crippen LogP contribution in [0.4, 0.5) is 23.4 Å². The second kappa shape index (κ2) is 8.40. The molecule has 0 N–H and O–H groups in total. The van der Waals surface area contributed by atoms with Gasteiger partial charge in [-0.1, -0.05) is 0 Å². The van der Waals surface area contributed by atoms with Gasteiger partial charge < -0.3 is 9.47 Å². The summed E-state index contributed by atoms with van der Waals surface area (Å²) in [7, 11) is 0. The Morgan fingerprint density at radius 1 is 1.17 bits per heavy atom. The zero-order valence-electron chi connectivity index (χ0n) is 18.8. The number of halogens is 4. The number of hydrogen-bond acceptors (Lipinski definition) is 6. The second-order valence-electron chi connectivity index (χ2n) is 8.45. The number of aryl methyl sites for hydroxylation is 1. The minimum Gasteiger partial charge on any atom is -0.328 e. The lowest BCUT2D eigenvalue weighted by Gasteiger charge is -2.36. The molecule has 0 unspecified atom stereocenters. The third-order valence-corrected chi connectivity index (χ3v) is 7.04. The van der Waals surface area contributed by atoms with Gasteiger partial charge in [0.15, 0.2) is 16.6 Å². The minimum absolute atomic E-state index is 0.0935. The number of amides is 2. The zero-order valence-corrected chi connectivity index (χ0v) is 19.6. The van der Waals surface area contributed by atoms with E-state index in [1.54, 1.807) is 18.7 Å². The van der Waals surface area contributed by atoms with Gasteiger partial charge in [-0.3, -0.25) is 14.5 Å². The summed E-state index contributed by atoms with van der Waals surface area (Å²) in [5.74, 6) is -0.625. The molecule has 184 valence electrons. The van der Waals surface area contributed by atoms with Crippen LogP contribution < -0.4 is 4.90 Å². The van der Waals surface area contributed by atoms with Crippen molar-refractivity contribution in [3.8, 4) is 10.8 Å². The summed E-state index contributed by atoms with van der Waals surface area (Å²) in [5, 5.41) is 0.548. The molecular weight excluding hydrogens is 488 g/mol. The summed E-state index contributed by atoms with van der Waals surface area (Å²) >= 11 is 1.15. The second-order valence-corrected chi connectivity index (χ2v) is 9.21. The maximum atomic E-state index is 13.6. The van der Waals surface area contributed by atoms with E-state index in [-0.39, 0.29) is 19.0 Å². The van der Waals surface area contributed by atoms with Crippen LogP contribution in [0, 0.1) is 12.7 Å². The molecule has 1 aromatic carbocycles. The van der Waals surface area contributed by atoms with Crippen LogP contribution in [-0.4, -0.2) is 48.7 Å². The third-order valence-electron chi connectivity index (χ3n) is 6.24. The van der Waals surface area contributed by atoms with E-state index in [9.17, 15) is 27.2 Å². The monoisotopic (exact) mass is 508 g/mol. The molecule has 0 bridgehead atoms. The molecule has 2 aromatic heterocycles. The van der Waals surface area contributed by atoms with Crippen LogP contribution in [0.2, 0.25) is 0 Å². The first kappa shape index (κ1) is 23.4. The average molecular weight is 509 g/mol. The van der Waals surface area contributed by atoms with Gasteiger partial charge in [-0.25, -0.2) is 14.4 Å². The highest BCUT2D eigenvalue weighted by Crippen LogP contribution is 2.40. The Morgan fingerprint density at radius 2 is 1.94 bits per heavy atom. The number of aromatic nitrogens is 4. The van der Waals surface area contributed by atoms with Crippen molar-refractivity contribution >= 4 is 29.2 Å². The fourth-order valence-corrected chi connectivity index (χ4v) is 5.30. The number of nitrogens with zero attached hydrogens (tertiary/aromatic N) is 6. The molecule has 35 heavy (non-hydrogen) atoms. The summed E-state index contributed by atoms with van der Waals surface area (Å²) in [5.41, 5.74) is -1.41. The Bertz CT molecular complexity index is 1330. The number of hydrogen-bond donors (Lipinski definition) is 0. The highest BCUT2D eigenvalue weighted by atomic mass is 32.1. The fraction of sp³-hybridized carbons (Fsp3) is 0.409. The zero-order chi connectivity index (χ0) is 25.1. The van der Waals surface area contributed by atoms with Crippen LogP contribution in [0.3, 0.4) is 0 Å². The van der Waals surface area contributed by atoms with Gasteiger partial charge in [-0.2, -0.15) is 17.5 Å². The summed E-state index contributed by atoms with van der Waals surface area (Å²) < 4.78 is 60.4. The largest absolute Gasteiger partial charge is 0.417 e. The Hall–Kier alpha value is -3.35. The van der Waals surface area contributed by atoms with E-state index < -0.39 is 35.1 Å². The van der Waals surface area contributed by atoms with E-state index in [0.29, 0.717) is 53.6 Å².